The molecule has 39 heavy (non-hydrogen) atoms. The van der Waals surface area contributed by atoms with E-state index in [-0.39, 0.29) is 17.3 Å². The maximum Gasteiger partial charge on any atom is 0.259 e. The number of aryl methyl sites for hydroxylation is 1. The Morgan fingerprint density at radius 2 is 1.90 bits per heavy atom. The molecule has 0 saturated carbocycles. The molecule has 5 aromatic heterocycles. The summed E-state index contributed by atoms with van der Waals surface area (Å²) in [5.41, 5.74) is 12.5. The van der Waals surface area contributed by atoms with E-state index in [1.54, 1.807) is 29.3 Å². The van der Waals surface area contributed by atoms with E-state index in [9.17, 15) is 4.79 Å². The van der Waals surface area contributed by atoms with E-state index in [1.165, 1.54) is 4.52 Å². The van der Waals surface area contributed by atoms with Crippen molar-refractivity contribution in [3.63, 3.8) is 0 Å². The van der Waals surface area contributed by atoms with Gasteiger partial charge in [0.05, 0.1) is 40.6 Å². The lowest BCUT2D eigenvalue weighted by Gasteiger charge is -2.14. The van der Waals surface area contributed by atoms with Gasteiger partial charge >= 0.3 is 0 Å². The summed E-state index contributed by atoms with van der Waals surface area (Å²) in [5, 5.41) is 11.6. The molecule has 5 heterocycles. The highest BCUT2D eigenvalue weighted by molar-refractivity contribution is 6.04. The van der Waals surface area contributed by atoms with Gasteiger partial charge in [-0.15, -0.1) is 5.10 Å². The molecule has 1 atom stereocenters. The number of aromatic nitrogens is 7. The molecule has 3 N–H and O–H groups in total. The minimum Gasteiger partial charge on any atom is -0.381 e. The smallest absolute Gasteiger partial charge is 0.259 e. The molecule has 0 aliphatic carbocycles. The van der Waals surface area contributed by atoms with Crippen molar-refractivity contribution in [2.24, 2.45) is 7.05 Å². The number of nitrogens with one attached hydrogen (secondary N) is 1. The molecule has 0 aliphatic heterocycles. The van der Waals surface area contributed by atoms with E-state index >= 15 is 0 Å². The van der Waals surface area contributed by atoms with Gasteiger partial charge in [-0.3, -0.25) is 13.9 Å². The average Bonchev–Trinajstić information content (AvgIpc) is 3.60. The van der Waals surface area contributed by atoms with Crippen LogP contribution in [0.25, 0.3) is 22.6 Å². The summed E-state index contributed by atoms with van der Waals surface area (Å²) in [5.74, 6) is 6.29. The molecule has 0 aliphatic rings. The fourth-order valence-corrected chi connectivity index (χ4v) is 4.60. The van der Waals surface area contributed by atoms with Crippen LogP contribution in [0.2, 0.25) is 0 Å². The number of nitrogens with two attached hydrogens (primary N) is 1. The van der Waals surface area contributed by atoms with Gasteiger partial charge in [-0.05, 0) is 38.0 Å². The van der Waals surface area contributed by atoms with Gasteiger partial charge < -0.3 is 11.1 Å². The number of benzene rings is 1. The van der Waals surface area contributed by atoms with Gasteiger partial charge in [0.2, 0.25) is 0 Å². The number of nitrogen functional groups attached to an aromatic ring is 1. The van der Waals surface area contributed by atoms with Crippen LogP contribution in [0.5, 0.6) is 0 Å². The zero-order chi connectivity index (χ0) is 27.1. The van der Waals surface area contributed by atoms with Crippen LogP contribution in [0.1, 0.15) is 46.0 Å². The van der Waals surface area contributed by atoms with Gasteiger partial charge in [0.1, 0.15) is 11.2 Å². The second kappa shape index (κ2) is 9.46. The van der Waals surface area contributed by atoms with Crippen LogP contribution in [0.3, 0.4) is 0 Å². The molecule has 10 heteroatoms. The van der Waals surface area contributed by atoms with E-state index in [0.29, 0.717) is 11.3 Å². The fraction of sp³-hybridized carbons (Fsp3) is 0.138. The molecule has 0 unspecified atom stereocenters. The van der Waals surface area contributed by atoms with Gasteiger partial charge in [-0.25, -0.2) is 14.5 Å². The number of hydrogen-bond acceptors (Lipinski definition) is 6. The van der Waals surface area contributed by atoms with E-state index in [1.807, 2.05) is 73.8 Å². The maximum absolute atomic E-state index is 13.4. The summed E-state index contributed by atoms with van der Waals surface area (Å²) in [6.07, 6.45) is 5.06. The Hall–Kier alpha value is -5.43. The molecule has 6 rings (SSSR count). The number of anilines is 1. The first-order chi connectivity index (χ1) is 18.9. The third-order valence-corrected chi connectivity index (χ3v) is 6.69. The Morgan fingerprint density at radius 1 is 1.08 bits per heavy atom. The van der Waals surface area contributed by atoms with Crippen molar-refractivity contribution in [3.8, 4) is 23.1 Å². The predicted octanol–water partition coefficient (Wildman–Crippen LogP) is 3.56. The normalized spacial score (nSPS) is 11.9. The minimum atomic E-state index is -0.466. The lowest BCUT2D eigenvalue weighted by molar-refractivity contribution is 0.0941. The molecule has 0 bridgehead atoms. The highest BCUT2D eigenvalue weighted by atomic mass is 16.1. The minimum absolute atomic E-state index is 0.111. The number of nitrogens with zero attached hydrogens (tertiary/aromatic N) is 7. The molecule has 10 nitrogen and oxygen atoms in total. The fourth-order valence-electron chi connectivity index (χ4n) is 4.60. The van der Waals surface area contributed by atoms with Crippen LogP contribution >= 0.6 is 0 Å². The monoisotopic (exact) mass is 515 g/mol. The molecule has 1 aromatic carbocycles. The van der Waals surface area contributed by atoms with Crippen LogP contribution in [0.4, 0.5) is 5.82 Å². The summed E-state index contributed by atoms with van der Waals surface area (Å²) in [6, 6.07) is 17.0. The Balaban J connectivity index is 1.46. The summed E-state index contributed by atoms with van der Waals surface area (Å²) < 4.78 is 5.31. The first-order valence-electron chi connectivity index (χ1n) is 12.4. The number of imidazole rings is 1. The SMILES string of the molecule is Cc1c(C#Cc2cccc3nc([C@H](C)NC(=O)c4c(N)nn5cccnc45)c(-c4ccccc4)n23)cnn1C. The van der Waals surface area contributed by atoms with Crippen LogP contribution in [-0.2, 0) is 7.05 Å². The third-order valence-electron chi connectivity index (χ3n) is 6.69. The Bertz CT molecular complexity index is 1920. The van der Waals surface area contributed by atoms with E-state index < -0.39 is 6.04 Å². The quantitative estimate of drug-likeness (QED) is 0.347. The second-order valence-corrected chi connectivity index (χ2v) is 9.18. The van der Waals surface area contributed by atoms with Gasteiger partial charge in [0.15, 0.2) is 11.5 Å². The number of hydrogen-bond donors (Lipinski definition) is 2. The molecule has 0 saturated heterocycles. The first kappa shape index (κ1) is 23.9. The number of carbonyl (C=O) groups is 1. The molecule has 0 radical (unpaired) electrons. The molecule has 1 amide bonds. The standard InChI is InChI=1S/C29H25N9O/c1-18(33-29(39)24-27(30)35-37-16-8-15-31-28(24)37)25-26(20-9-5-4-6-10-20)38-22(11-7-12-23(38)34-25)14-13-21-17-32-36(3)19(21)2/h4-12,15-18H,1-3H3,(H2,30,35)(H,33,39)/t18-/m0/s1. The zero-order valence-electron chi connectivity index (χ0n) is 21.6. The summed E-state index contributed by atoms with van der Waals surface area (Å²) in [4.78, 5) is 22.6. The topological polar surface area (TPSA) is 120 Å². The van der Waals surface area contributed by atoms with Crippen LogP contribution in [-0.4, -0.2) is 39.7 Å². The lowest BCUT2D eigenvalue weighted by Crippen LogP contribution is -2.28. The molecule has 0 spiro atoms. The Morgan fingerprint density at radius 3 is 2.67 bits per heavy atom. The number of carbonyl (C=O) groups excluding carboxylic acids is 1. The number of fused-ring (bicyclic) bond motifs is 2. The van der Waals surface area contributed by atoms with Gasteiger partial charge in [-0.1, -0.05) is 42.3 Å². The van der Waals surface area contributed by atoms with E-state index in [0.717, 1.165) is 33.9 Å². The molecule has 0 fully saturated rings. The van der Waals surface area contributed by atoms with E-state index in [2.05, 4.69) is 32.3 Å². The maximum atomic E-state index is 13.4. The third kappa shape index (κ3) is 4.16. The predicted molar refractivity (Wildman–Crippen MR) is 148 cm³/mol. The molecule has 6 aromatic rings. The molecular formula is C29H25N9O. The zero-order valence-corrected chi connectivity index (χ0v) is 21.6. The van der Waals surface area contributed by atoms with Gasteiger partial charge in [-0.2, -0.15) is 5.10 Å². The number of amides is 1. The van der Waals surface area contributed by atoms with Crippen molar-refractivity contribution in [2.45, 2.75) is 19.9 Å². The number of rotatable bonds is 4. The van der Waals surface area contributed by atoms with E-state index in [4.69, 9.17) is 10.7 Å². The largest absolute Gasteiger partial charge is 0.381 e. The lowest BCUT2D eigenvalue weighted by atomic mass is 10.1. The van der Waals surface area contributed by atoms with Crippen molar-refractivity contribution in [2.75, 3.05) is 5.73 Å². The highest BCUT2D eigenvalue weighted by Crippen LogP contribution is 2.31. The van der Waals surface area contributed by atoms with Crippen LogP contribution in [0, 0.1) is 18.8 Å². The van der Waals surface area contributed by atoms with Crippen LogP contribution < -0.4 is 11.1 Å². The first-order valence-corrected chi connectivity index (χ1v) is 12.4. The van der Waals surface area contributed by atoms with Crippen molar-refractivity contribution in [1.29, 1.82) is 0 Å². The molecule has 192 valence electrons. The summed E-state index contributed by atoms with van der Waals surface area (Å²) >= 11 is 0. The van der Waals surface area contributed by atoms with Crippen molar-refractivity contribution in [3.05, 3.63) is 101 Å². The van der Waals surface area contributed by atoms with Crippen molar-refractivity contribution < 1.29 is 4.79 Å². The summed E-state index contributed by atoms with van der Waals surface area (Å²) in [7, 11) is 1.89. The number of pyridine rings is 1. The van der Waals surface area contributed by atoms with Gasteiger partial charge in [0, 0.05) is 25.0 Å². The van der Waals surface area contributed by atoms with Gasteiger partial charge in [0.25, 0.3) is 5.91 Å². The van der Waals surface area contributed by atoms with Crippen molar-refractivity contribution in [1.82, 2.24) is 39.1 Å². The summed E-state index contributed by atoms with van der Waals surface area (Å²) in [6.45, 7) is 3.88. The molecular weight excluding hydrogens is 490 g/mol. The second-order valence-electron chi connectivity index (χ2n) is 9.18. The highest BCUT2D eigenvalue weighted by Gasteiger charge is 2.25. The Labute approximate surface area is 224 Å². The average molecular weight is 516 g/mol. The Kier molecular flexibility index (Phi) is 5.81. The van der Waals surface area contributed by atoms with Crippen molar-refractivity contribution >= 4 is 23.0 Å². The van der Waals surface area contributed by atoms with Crippen LogP contribution in [0.15, 0.2) is 73.2 Å².